The van der Waals surface area contributed by atoms with Crippen LogP contribution in [-0.4, -0.2) is 61.5 Å². The van der Waals surface area contributed by atoms with Gasteiger partial charge in [0.05, 0.1) is 24.1 Å². The molecule has 0 unspecified atom stereocenters. The van der Waals surface area contributed by atoms with Crippen LogP contribution < -0.4 is 0 Å². The normalized spacial score (nSPS) is 15.8. The van der Waals surface area contributed by atoms with Crippen molar-refractivity contribution < 1.29 is 9.05 Å². The summed E-state index contributed by atoms with van der Waals surface area (Å²) in [4.78, 5) is 9.45. The number of hydrogen-bond donors (Lipinski definition) is 1. The molecule has 4 heterocycles. The molecule has 5 rings (SSSR count). The molecule has 0 aliphatic carbocycles. The van der Waals surface area contributed by atoms with E-state index in [0.29, 0.717) is 24.0 Å². The van der Waals surface area contributed by atoms with Crippen molar-refractivity contribution in [2.45, 2.75) is 33.4 Å². The summed E-state index contributed by atoms with van der Waals surface area (Å²) in [6.07, 6.45) is 3.04. The van der Waals surface area contributed by atoms with Crippen molar-refractivity contribution in [1.29, 1.82) is 0 Å². The van der Waals surface area contributed by atoms with Gasteiger partial charge in [-0.3, -0.25) is 14.9 Å². The maximum atomic E-state index is 5.48. The summed E-state index contributed by atoms with van der Waals surface area (Å²) in [5.41, 5.74) is 5.05. The molecule has 166 valence electrons. The minimum Gasteiger partial charge on any atom is -0.361 e. The Hall–Kier alpha value is -3.30. The third-order valence-electron chi connectivity index (χ3n) is 5.94. The van der Waals surface area contributed by atoms with Gasteiger partial charge < -0.3 is 9.05 Å². The molecular formula is C23H27N7O2. The quantitative estimate of drug-likeness (QED) is 0.494. The first-order valence-corrected chi connectivity index (χ1v) is 11.0. The topological polar surface area (TPSA) is 100 Å². The first-order valence-electron chi connectivity index (χ1n) is 11.0. The number of hydrogen-bond acceptors (Lipinski definition) is 8. The van der Waals surface area contributed by atoms with Gasteiger partial charge in [0.2, 0.25) is 0 Å². The van der Waals surface area contributed by atoms with Crippen molar-refractivity contribution in [2.24, 2.45) is 0 Å². The van der Waals surface area contributed by atoms with Crippen molar-refractivity contribution in [1.82, 2.24) is 35.3 Å². The van der Waals surface area contributed by atoms with E-state index in [9.17, 15) is 0 Å². The Kier molecular flexibility index (Phi) is 5.83. The number of aromatic nitrogens is 5. The standard InChI is InChI=1S/C23H27N7O2/c1-16-21(17(2)31-27-16)23-25-20(28-32-23)15-30-10-6-9-29(11-12-30)14-19-13-24-26-22(19)18-7-4-3-5-8-18/h3-5,7-8,13H,6,9-12,14-15H2,1-2H3,(H,24,26). The highest BCUT2D eigenvalue weighted by Crippen LogP contribution is 2.25. The number of nitrogens with zero attached hydrogens (tertiary/aromatic N) is 6. The molecule has 0 spiro atoms. The van der Waals surface area contributed by atoms with E-state index in [-0.39, 0.29) is 0 Å². The second-order valence-corrected chi connectivity index (χ2v) is 8.26. The van der Waals surface area contributed by atoms with Crippen molar-refractivity contribution in [2.75, 3.05) is 26.2 Å². The Morgan fingerprint density at radius 1 is 0.938 bits per heavy atom. The van der Waals surface area contributed by atoms with Gasteiger partial charge >= 0.3 is 0 Å². The molecule has 0 saturated carbocycles. The molecule has 3 aromatic heterocycles. The Bertz CT molecular complexity index is 1140. The van der Waals surface area contributed by atoms with E-state index in [1.54, 1.807) is 0 Å². The van der Waals surface area contributed by atoms with Crippen LogP contribution in [0.15, 0.2) is 45.6 Å². The predicted octanol–water partition coefficient (Wildman–Crippen LogP) is 3.44. The highest BCUT2D eigenvalue weighted by atomic mass is 16.5. The number of nitrogens with one attached hydrogen (secondary N) is 1. The second-order valence-electron chi connectivity index (χ2n) is 8.26. The van der Waals surface area contributed by atoms with E-state index in [4.69, 9.17) is 9.05 Å². The van der Waals surface area contributed by atoms with Gasteiger partial charge in [-0.15, -0.1) is 0 Å². The van der Waals surface area contributed by atoms with Crippen LogP contribution in [0.5, 0.6) is 0 Å². The average Bonchev–Trinajstić information content (AvgIpc) is 3.48. The first kappa shape index (κ1) is 20.6. The second kappa shape index (κ2) is 9.05. The van der Waals surface area contributed by atoms with E-state index in [1.165, 1.54) is 11.1 Å². The minimum atomic E-state index is 0.473. The lowest BCUT2D eigenvalue weighted by molar-refractivity contribution is 0.241. The fourth-order valence-corrected chi connectivity index (χ4v) is 4.28. The lowest BCUT2D eigenvalue weighted by Gasteiger charge is -2.21. The molecule has 1 fully saturated rings. The zero-order valence-corrected chi connectivity index (χ0v) is 18.4. The summed E-state index contributed by atoms with van der Waals surface area (Å²) in [6.45, 7) is 9.26. The SMILES string of the molecule is Cc1noc(C)c1-c1nc(CN2CCCN(Cc3cn[nH]c3-c3ccccc3)CC2)no1. The number of H-pyrrole nitrogens is 1. The number of aryl methyl sites for hydroxylation is 2. The summed E-state index contributed by atoms with van der Waals surface area (Å²) in [5.74, 6) is 1.85. The van der Waals surface area contributed by atoms with Gasteiger partial charge in [-0.25, -0.2) is 0 Å². The van der Waals surface area contributed by atoms with E-state index < -0.39 is 0 Å². The van der Waals surface area contributed by atoms with E-state index >= 15 is 0 Å². The van der Waals surface area contributed by atoms with E-state index in [1.807, 2.05) is 26.1 Å². The monoisotopic (exact) mass is 433 g/mol. The summed E-state index contributed by atoms with van der Waals surface area (Å²) < 4.78 is 10.7. The van der Waals surface area contributed by atoms with Crippen LogP contribution in [0.1, 0.15) is 29.3 Å². The molecule has 1 aliphatic heterocycles. The van der Waals surface area contributed by atoms with Gasteiger partial charge in [-0.1, -0.05) is 40.6 Å². The van der Waals surface area contributed by atoms with Crippen molar-refractivity contribution >= 4 is 0 Å². The Balaban J connectivity index is 1.20. The summed E-state index contributed by atoms with van der Waals surface area (Å²) in [7, 11) is 0. The van der Waals surface area contributed by atoms with Crippen LogP contribution in [0.2, 0.25) is 0 Å². The van der Waals surface area contributed by atoms with E-state index in [0.717, 1.165) is 56.1 Å². The van der Waals surface area contributed by atoms with Gasteiger partial charge in [0, 0.05) is 25.2 Å². The van der Waals surface area contributed by atoms with Crippen molar-refractivity contribution in [3.05, 3.63) is 59.4 Å². The average molecular weight is 434 g/mol. The largest absolute Gasteiger partial charge is 0.361 e. The van der Waals surface area contributed by atoms with Crippen molar-refractivity contribution in [3.63, 3.8) is 0 Å². The molecule has 32 heavy (non-hydrogen) atoms. The molecule has 1 aromatic carbocycles. The van der Waals surface area contributed by atoms with Crippen LogP contribution in [0.25, 0.3) is 22.7 Å². The lowest BCUT2D eigenvalue weighted by atomic mass is 10.1. The molecule has 0 radical (unpaired) electrons. The third kappa shape index (κ3) is 4.35. The molecular weight excluding hydrogens is 406 g/mol. The Labute approximate surface area is 186 Å². The maximum Gasteiger partial charge on any atom is 0.263 e. The van der Waals surface area contributed by atoms with Crippen LogP contribution in [-0.2, 0) is 13.1 Å². The molecule has 9 heteroatoms. The molecule has 0 atom stereocenters. The van der Waals surface area contributed by atoms with Crippen LogP contribution in [0, 0.1) is 13.8 Å². The minimum absolute atomic E-state index is 0.473. The Morgan fingerprint density at radius 2 is 1.72 bits per heavy atom. The zero-order valence-electron chi connectivity index (χ0n) is 18.4. The molecule has 9 nitrogen and oxygen atoms in total. The number of benzene rings is 1. The van der Waals surface area contributed by atoms with Crippen LogP contribution in [0.3, 0.4) is 0 Å². The van der Waals surface area contributed by atoms with Gasteiger partial charge in [0.15, 0.2) is 5.82 Å². The number of rotatable bonds is 6. The first-order chi connectivity index (χ1) is 15.7. The zero-order chi connectivity index (χ0) is 21.9. The number of aromatic amines is 1. The summed E-state index contributed by atoms with van der Waals surface area (Å²) in [5, 5.41) is 15.6. The van der Waals surface area contributed by atoms with Crippen molar-refractivity contribution in [3.8, 4) is 22.7 Å². The molecule has 1 saturated heterocycles. The maximum absolute atomic E-state index is 5.48. The van der Waals surface area contributed by atoms with Gasteiger partial charge in [0.1, 0.15) is 11.3 Å². The Morgan fingerprint density at radius 3 is 2.47 bits per heavy atom. The third-order valence-corrected chi connectivity index (χ3v) is 5.94. The fraction of sp³-hybridized carbons (Fsp3) is 0.391. The highest BCUT2D eigenvalue weighted by molar-refractivity contribution is 5.62. The molecule has 1 N–H and O–H groups in total. The highest BCUT2D eigenvalue weighted by Gasteiger charge is 2.21. The smallest absolute Gasteiger partial charge is 0.263 e. The van der Waals surface area contributed by atoms with Crippen LogP contribution >= 0.6 is 0 Å². The fourth-order valence-electron chi connectivity index (χ4n) is 4.28. The summed E-state index contributed by atoms with van der Waals surface area (Å²) in [6, 6.07) is 10.4. The molecule has 0 bridgehead atoms. The molecule has 4 aromatic rings. The van der Waals surface area contributed by atoms with E-state index in [2.05, 4.69) is 59.6 Å². The molecule has 1 aliphatic rings. The molecule has 0 amide bonds. The van der Waals surface area contributed by atoms with Gasteiger partial charge in [-0.2, -0.15) is 10.1 Å². The van der Waals surface area contributed by atoms with Gasteiger partial charge in [0.25, 0.3) is 5.89 Å². The lowest BCUT2D eigenvalue weighted by Crippen LogP contribution is -2.30. The van der Waals surface area contributed by atoms with Crippen LogP contribution in [0.4, 0.5) is 0 Å². The summed E-state index contributed by atoms with van der Waals surface area (Å²) >= 11 is 0. The predicted molar refractivity (Wildman–Crippen MR) is 118 cm³/mol. The van der Waals surface area contributed by atoms with Gasteiger partial charge in [-0.05, 0) is 38.9 Å².